The zero-order valence-electron chi connectivity index (χ0n) is 17.3. The molecule has 2 aromatic rings. The number of ether oxygens (including phenoxy) is 2. The Morgan fingerprint density at radius 2 is 1.90 bits per heavy atom. The Morgan fingerprint density at radius 3 is 2.62 bits per heavy atom. The summed E-state index contributed by atoms with van der Waals surface area (Å²) in [5.41, 5.74) is 2.11. The van der Waals surface area contributed by atoms with E-state index < -0.39 is 0 Å². The summed E-state index contributed by atoms with van der Waals surface area (Å²) in [5, 5.41) is 3.56. The summed E-state index contributed by atoms with van der Waals surface area (Å²) < 4.78 is 10.6. The lowest BCUT2D eigenvalue weighted by molar-refractivity contribution is -0.116. The van der Waals surface area contributed by atoms with E-state index in [0.717, 1.165) is 43.0 Å². The SMILES string of the molecule is COc1ccc(CCN(C)CCCNC(=O)C=Cc2cccc(Cl)c2)cc1OC. The molecule has 0 aromatic heterocycles. The van der Waals surface area contributed by atoms with Gasteiger partial charge in [0.15, 0.2) is 11.5 Å². The first kappa shape index (κ1) is 22.8. The summed E-state index contributed by atoms with van der Waals surface area (Å²) in [6.07, 6.45) is 5.10. The van der Waals surface area contributed by atoms with E-state index in [1.54, 1.807) is 26.4 Å². The second kappa shape index (κ2) is 12.1. The number of halogens is 1. The standard InChI is InChI=1S/C23H29ClN2O3/c1-26(15-12-19-8-10-21(28-2)22(17-19)29-3)14-5-13-25-23(27)11-9-18-6-4-7-20(24)16-18/h4,6-11,16-17H,5,12-15H2,1-3H3,(H,25,27). The van der Waals surface area contributed by atoms with E-state index in [1.165, 1.54) is 11.6 Å². The first-order chi connectivity index (χ1) is 14.0. The van der Waals surface area contributed by atoms with E-state index in [-0.39, 0.29) is 5.91 Å². The van der Waals surface area contributed by atoms with Crippen molar-refractivity contribution < 1.29 is 14.3 Å². The van der Waals surface area contributed by atoms with Crippen LogP contribution in [0, 0.1) is 0 Å². The van der Waals surface area contributed by atoms with Crippen molar-refractivity contribution in [2.24, 2.45) is 0 Å². The predicted molar refractivity (Wildman–Crippen MR) is 119 cm³/mol. The van der Waals surface area contributed by atoms with Gasteiger partial charge in [0.1, 0.15) is 0 Å². The minimum absolute atomic E-state index is 0.0991. The Hall–Kier alpha value is -2.50. The molecule has 0 fully saturated rings. The smallest absolute Gasteiger partial charge is 0.243 e. The van der Waals surface area contributed by atoms with Gasteiger partial charge in [-0.05, 0) is 67.9 Å². The largest absolute Gasteiger partial charge is 0.493 e. The van der Waals surface area contributed by atoms with Crippen molar-refractivity contribution in [3.05, 3.63) is 64.7 Å². The Balaban J connectivity index is 1.65. The maximum absolute atomic E-state index is 11.9. The number of carbonyl (C=O) groups is 1. The molecule has 29 heavy (non-hydrogen) atoms. The van der Waals surface area contributed by atoms with Crippen LogP contribution in [-0.2, 0) is 11.2 Å². The molecule has 5 nitrogen and oxygen atoms in total. The molecule has 0 bridgehead atoms. The van der Waals surface area contributed by atoms with Crippen LogP contribution in [0.25, 0.3) is 6.08 Å². The maximum Gasteiger partial charge on any atom is 0.243 e. The zero-order valence-corrected chi connectivity index (χ0v) is 18.0. The second-order valence-corrected chi connectivity index (χ2v) is 7.21. The number of hydrogen-bond donors (Lipinski definition) is 1. The second-order valence-electron chi connectivity index (χ2n) is 6.78. The van der Waals surface area contributed by atoms with Crippen LogP contribution in [-0.4, -0.2) is 51.7 Å². The molecule has 0 aliphatic heterocycles. The molecule has 1 N–H and O–H groups in total. The number of nitrogens with one attached hydrogen (secondary N) is 1. The van der Waals surface area contributed by atoms with Gasteiger partial charge in [-0.15, -0.1) is 0 Å². The van der Waals surface area contributed by atoms with Crippen LogP contribution >= 0.6 is 11.6 Å². The third kappa shape index (κ3) is 8.18. The zero-order chi connectivity index (χ0) is 21.1. The highest BCUT2D eigenvalue weighted by molar-refractivity contribution is 6.30. The van der Waals surface area contributed by atoms with E-state index in [4.69, 9.17) is 21.1 Å². The molecule has 0 radical (unpaired) electrons. The highest BCUT2D eigenvalue weighted by Gasteiger charge is 2.06. The normalized spacial score (nSPS) is 11.1. The summed E-state index contributed by atoms with van der Waals surface area (Å²) >= 11 is 5.93. The number of carbonyl (C=O) groups excluding carboxylic acids is 1. The van der Waals surface area contributed by atoms with Crippen LogP contribution in [0.1, 0.15) is 17.5 Å². The Morgan fingerprint density at radius 1 is 1.10 bits per heavy atom. The maximum atomic E-state index is 11.9. The predicted octanol–water partition coefficient (Wildman–Crippen LogP) is 4.05. The fourth-order valence-corrected chi connectivity index (χ4v) is 3.07. The summed E-state index contributed by atoms with van der Waals surface area (Å²) in [6.45, 7) is 2.48. The van der Waals surface area contributed by atoms with Gasteiger partial charge in [-0.25, -0.2) is 0 Å². The van der Waals surface area contributed by atoms with Crippen molar-refractivity contribution in [2.75, 3.05) is 40.9 Å². The van der Waals surface area contributed by atoms with Crippen molar-refractivity contribution in [1.29, 1.82) is 0 Å². The molecule has 2 rings (SSSR count). The van der Waals surface area contributed by atoms with Gasteiger partial charge in [-0.3, -0.25) is 4.79 Å². The molecule has 156 valence electrons. The molecule has 0 aliphatic carbocycles. The van der Waals surface area contributed by atoms with E-state index >= 15 is 0 Å². The molecule has 2 aromatic carbocycles. The van der Waals surface area contributed by atoms with Gasteiger partial charge < -0.3 is 19.7 Å². The summed E-state index contributed by atoms with van der Waals surface area (Å²) in [5.74, 6) is 1.39. The van der Waals surface area contributed by atoms with Crippen molar-refractivity contribution >= 4 is 23.6 Å². The molecular weight excluding hydrogens is 388 g/mol. The van der Waals surface area contributed by atoms with Gasteiger partial charge in [-0.1, -0.05) is 29.8 Å². The van der Waals surface area contributed by atoms with Crippen LogP contribution in [0.15, 0.2) is 48.5 Å². The van der Waals surface area contributed by atoms with Gasteiger partial charge in [0.05, 0.1) is 14.2 Å². The van der Waals surface area contributed by atoms with Gasteiger partial charge in [-0.2, -0.15) is 0 Å². The first-order valence-electron chi connectivity index (χ1n) is 9.62. The molecule has 1 amide bonds. The van der Waals surface area contributed by atoms with Gasteiger partial charge >= 0.3 is 0 Å². The fourth-order valence-electron chi connectivity index (χ4n) is 2.87. The topological polar surface area (TPSA) is 50.8 Å². The fraction of sp³-hybridized carbons (Fsp3) is 0.348. The molecule has 0 saturated heterocycles. The van der Waals surface area contributed by atoms with Gasteiger partial charge in [0.2, 0.25) is 5.91 Å². The lowest BCUT2D eigenvalue weighted by Gasteiger charge is -2.17. The van der Waals surface area contributed by atoms with Gasteiger partial charge in [0.25, 0.3) is 0 Å². The van der Waals surface area contributed by atoms with Crippen molar-refractivity contribution in [1.82, 2.24) is 10.2 Å². The van der Waals surface area contributed by atoms with Crippen LogP contribution in [0.2, 0.25) is 5.02 Å². The van der Waals surface area contributed by atoms with E-state index in [9.17, 15) is 4.79 Å². The highest BCUT2D eigenvalue weighted by Crippen LogP contribution is 2.27. The number of methoxy groups -OCH3 is 2. The van der Waals surface area contributed by atoms with Crippen LogP contribution < -0.4 is 14.8 Å². The quantitative estimate of drug-likeness (QED) is 0.443. The van der Waals surface area contributed by atoms with Crippen LogP contribution in [0.3, 0.4) is 0 Å². The molecular formula is C23H29ClN2O3. The van der Waals surface area contributed by atoms with E-state index in [1.807, 2.05) is 30.3 Å². The van der Waals surface area contributed by atoms with E-state index in [2.05, 4.69) is 23.3 Å². The number of benzene rings is 2. The van der Waals surface area contributed by atoms with Crippen LogP contribution in [0.4, 0.5) is 0 Å². The Labute approximate surface area is 178 Å². The minimum Gasteiger partial charge on any atom is -0.493 e. The monoisotopic (exact) mass is 416 g/mol. The summed E-state index contributed by atoms with van der Waals surface area (Å²) in [7, 11) is 5.37. The minimum atomic E-state index is -0.0991. The molecule has 0 atom stereocenters. The molecule has 0 heterocycles. The third-order valence-corrected chi connectivity index (χ3v) is 4.76. The Kier molecular flexibility index (Phi) is 9.54. The van der Waals surface area contributed by atoms with E-state index in [0.29, 0.717) is 11.6 Å². The van der Waals surface area contributed by atoms with Crippen molar-refractivity contribution in [3.8, 4) is 11.5 Å². The summed E-state index contributed by atoms with van der Waals surface area (Å²) in [4.78, 5) is 14.2. The average molecular weight is 417 g/mol. The molecule has 0 aliphatic rings. The Bertz CT molecular complexity index is 824. The number of rotatable bonds is 11. The number of amides is 1. The first-order valence-corrected chi connectivity index (χ1v) is 10.0. The lowest BCUT2D eigenvalue weighted by atomic mass is 10.1. The highest BCUT2D eigenvalue weighted by atomic mass is 35.5. The molecule has 0 unspecified atom stereocenters. The number of nitrogens with zero attached hydrogens (tertiary/aromatic N) is 1. The number of hydrogen-bond acceptors (Lipinski definition) is 4. The van der Waals surface area contributed by atoms with Gasteiger partial charge in [0, 0.05) is 24.2 Å². The van der Waals surface area contributed by atoms with Crippen molar-refractivity contribution in [3.63, 3.8) is 0 Å². The molecule has 0 spiro atoms. The summed E-state index contributed by atoms with van der Waals surface area (Å²) in [6, 6.07) is 13.4. The number of likely N-dealkylation sites (N-methyl/N-ethyl adjacent to an activating group) is 1. The average Bonchev–Trinajstić information content (AvgIpc) is 2.73. The van der Waals surface area contributed by atoms with Crippen molar-refractivity contribution in [2.45, 2.75) is 12.8 Å². The molecule has 0 saturated carbocycles. The third-order valence-electron chi connectivity index (χ3n) is 4.52. The molecule has 6 heteroatoms. The van der Waals surface area contributed by atoms with Crippen LogP contribution in [0.5, 0.6) is 11.5 Å². The lowest BCUT2D eigenvalue weighted by Crippen LogP contribution is -2.28.